The minimum absolute atomic E-state index is 0.0318. The molecule has 0 saturated heterocycles. The quantitative estimate of drug-likeness (QED) is 0.672. The van der Waals surface area contributed by atoms with Gasteiger partial charge in [-0.1, -0.05) is 22.9 Å². The van der Waals surface area contributed by atoms with Gasteiger partial charge >= 0.3 is 0 Å². The lowest BCUT2D eigenvalue weighted by molar-refractivity contribution is -0.120. The molecular formula is C19H25ClN2O4S. The molecule has 2 aromatic rings. The predicted molar refractivity (Wildman–Crippen MR) is 107 cm³/mol. The number of fused-ring (bicyclic) bond motifs is 1. The standard InChI is InChI=1S/C19H25ClN2O4S/c1-4-24-19-22-15-5-6-16(17(20)18(15)27-19)26-10-13-7-14(8-13)25-9-11(2)21-12(3)23/h5-6,11,13-14H,4,7-10H2,1-3H3,(H,21,23)/t11-,13-,14-/m0/s1. The van der Waals surface area contributed by atoms with E-state index in [1.54, 1.807) is 0 Å². The molecule has 0 bridgehead atoms. The number of nitrogens with zero attached hydrogens (tertiary/aromatic N) is 1. The second-order valence-electron chi connectivity index (χ2n) is 6.84. The molecule has 0 spiro atoms. The van der Waals surface area contributed by atoms with Crippen LogP contribution in [-0.4, -0.2) is 42.9 Å². The SMILES string of the molecule is CCOc1nc2ccc(OC[C@H]3C[C@H](OC[C@H](C)NC(C)=O)C3)c(Cl)c2s1. The number of amides is 1. The Morgan fingerprint density at radius 3 is 2.89 bits per heavy atom. The van der Waals surface area contributed by atoms with Crippen molar-refractivity contribution in [2.45, 2.75) is 45.8 Å². The normalized spacial score (nSPS) is 20.1. The first-order valence-corrected chi connectivity index (χ1v) is 10.4. The van der Waals surface area contributed by atoms with E-state index in [1.165, 1.54) is 18.3 Å². The molecule has 6 nitrogen and oxygen atoms in total. The fourth-order valence-corrected chi connectivity index (χ4v) is 4.28. The Balaban J connectivity index is 1.45. The Morgan fingerprint density at radius 1 is 1.41 bits per heavy atom. The molecule has 1 aromatic heterocycles. The van der Waals surface area contributed by atoms with E-state index >= 15 is 0 Å². The minimum Gasteiger partial charge on any atom is -0.492 e. The van der Waals surface area contributed by atoms with Gasteiger partial charge < -0.3 is 19.5 Å². The molecule has 0 aliphatic heterocycles. The summed E-state index contributed by atoms with van der Waals surface area (Å²) in [5, 5.41) is 4.03. The van der Waals surface area contributed by atoms with Gasteiger partial charge in [-0.05, 0) is 44.7 Å². The first-order valence-electron chi connectivity index (χ1n) is 9.19. The summed E-state index contributed by atoms with van der Waals surface area (Å²) in [4.78, 5) is 15.4. The van der Waals surface area contributed by atoms with E-state index in [2.05, 4.69) is 10.3 Å². The number of aromatic nitrogens is 1. The number of carbonyl (C=O) groups is 1. The fraction of sp³-hybridized carbons (Fsp3) is 0.579. The maximum absolute atomic E-state index is 11.0. The third-order valence-electron chi connectivity index (χ3n) is 4.41. The maximum atomic E-state index is 11.0. The molecule has 27 heavy (non-hydrogen) atoms. The molecule has 1 aliphatic carbocycles. The highest BCUT2D eigenvalue weighted by Crippen LogP contribution is 2.39. The van der Waals surface area contributed by atoms with Crippen LogP contribution < -0.4 is 14.8 Å². The van der Waals surface area contributed by atoms with Crippen molar-refractivity contribution in [1.29, 1.82) is 0 Å². The van der Waals surface area contributed by atoms with Gasteiger partial charge in [-0.25, -0.2) is 4.98 Å². The van der Waals surface area contributed by atoms with E-state index in [-0.39, 0.29) is 18.1 Å². The van der Waals surface area contributed by atoms with Crippen LogP contribution in [0.15, 0.2) is 12.1 Å². The summed E-state index contributed by atoms with van der Waals surface area (Å²) >= 11 is 7.92. The molecule has 0 unspecified atom stereocenters. The summed E-state index contributed by atoms with van der Waals surface area (Å²) in [6.45, 7) is 7.11. The highest BCUT2D eigenvalue weighted by atomic mass is 35.5. The number of halogens is 1. The molecule has 1 saturated carbocycles. The van der Waals surface area contributed by atoms with E-state index < -0.39 is 0 Å². The summed E-state index contributed by atoms with van der Waals surface area (Å²) in [5.41, 5.74) is 0.825. The van der Waals surface area contributed by atoms with Crippen molar-refractivity contribution in [1.82, 2.24) is 10.3 Å². The molecule has 3 rings (SSSR count). The van der Waals surface area contributed by atoms with Gasteiger partial charge in [-0.3, -0.25) is 4.79 Å². The molecule has 8 heteroatoms. The van der Waals surface area contributed by atoms with Gasteiger partial charge in [0.2, 0.25) is 5.91 Å². The van der Waals surface area contributed by atoms with Gasteiger partial charge in [0.25, 0.3) is 5.19 Å². The average molecular weight is 413 g/mol. The summed E-state index contributed by atoms with van der Waals surface area (Å²) < 4.78 is 18.1. The third kappa shape index (κ3) is 5.24. The zero-order valence-corrected chi connectivity index (χ0v) is 17.4. The van der Waals surface area contributed by atoms with Gasteiger partial charge in [0.15, 0.2) is 0 Å². The third-order valence-corrected chi connectivity index (χ3v) is 5.90. The number of rotatable bonds is 9. The Labute approximate surface area is 168 Å². The smallest absolute Gasteiger partial charge is 0.274 e. The van der Waals surface area contributed by atoms with Gasteiger partial charge in [0.1, 0.15) is 10.8 Å². The molecule has 1 atom stereocenters. The second kappa shape index (κ2) is 9.08. The molecule has 0 radical (unpaired) electrons. The van der Waals surface area contributed by atoms with Crippen molar-refractivity contribution >= 4 is 39.1 Å². The zero-order chi connectivity index (χ0) is 19.4. The van der Waals surface area contributed by atoms with Crippen molar-refractivity contribution in [3.05, 3.63) is 17.2 Å². The molecule has 148 valence electrons. The van der Waals surface area contributed by atoms with Crippen molar-refractivity contribution < 1.29 is 19.0 Å². The van der Waals surface area contributed by atoms with Crippen molar-refractivity contribution in [3.8, 4) is 10.9 Å². The molecular weight excluding hydrogens is 388 g/mol. The Bertz CT molecular complexity index is 791. The van der Waals surface area contributed by atoms with Crippen LogP contribution in [0.2, 0.25) is 5.02 Å². The molecule has 1 N–H and O–H groups in total. The van der Waals surface area contributed by atoms with E-state index in [0.29, 0.717) is 41.7 Å². The lowest BCUT2D eigenvalue weighted by atomic mass is 9.83. The van der Waals surface area contributed by atoms with Gasteiger partial charge in [0, 0.05) is 13.0 Å². The van der Waals surface area contributed by atoms with Crippen LogP contribution in [-0.2, 0) is 9.53 Å². The summed E-state index contributed by atoms with van der Waals surface area (Å²) in [6.07, 6.45) is 2.16. The van der Waals surface area contributed by atoms with Gasteiger partial charge in [-0.15, -0.1) is 0 Å². The number of benzene rings is 1. The van der Waals surface area contributed by atoms with Crippen LogP contribution in [0.25, 0.3) is 10.2 Å². The molecule has 1 aliphatic rings. The molecule has 1 amide bonds. The second-order valence-corrected chi connectivity index (χ2v) is 8.18. The van der Waals surface area contributed by atoms with Crippen LogP contribution in [0, 0.1) is 5.92 Å². The van der Waals surface area contributed by atoms with Crippen LogP contribution >= 0.6 is 22.9 Å². The van der Waals surface area contributed by atoms with E-state index in [1.807, 2.05) is 26.0 Å². The largest absolute Gasteiger partial charge is 0.492 e. The first kappa shape index (κ1) is 20.2. The molecule has 1 heterocycles. The summed E-state index contributed by atoms with van der Waals surface area (Å²) in [6, 6.07) is 3.80. The van der Waals surface area contributed by atoms with E-state index in [0.717, 1.165) is 23.1 Å². The highest BCUT2D eigenvalue weighted by Gasteiger charge is 2.31. The lowest BCUT2D eigenvalue weighted by Crippen LogP contribution is -2.40. The van der Waals surface area contributed by atoms with E-state index in [4.69, 9.17) is 25.8 Å². The molecule has 1 aromatic carbocycles. The Kier molecular flexibility index (Phi) is 6.78. The fourth-order valence-electron chi connectivity index (χ4n) is 3.04. The van der Waals surface area contributed by atoms with Crippen LogP contribution in [0.1, 0.15) is 33.6 Å². The van der Waals surface area contributed by atoms with Gasteiger partial charge in [0.05, 0.1) is 36.1 Å². The monoisotopic (exact) mass is 412 g/mol. The van der Waals surface area contributed by atoms with Crippen LogP contribution in [0.4, 0.5) is 0 Å². The maximum Gasteiger partial charge on any atom is 0.274 e. The van der Waals surface area contributed by atoms with Crippen LogP contribution in [0.3, 0.4) is 0 Å². The first-order chi connectivity index (χ1) is 13.0. The Hall–Kier alpha value is -1.57. The summed E-state index contributed by atoms with van der Waals surface area (Å²) in [5.74, 6) is 1.10. The lowest BCUT2D eigenvalue weighted by Gasteiger charge is -2.35. The minimum atomic E-state index is -0.0332. The Morgan fingerprint density at radius 2 is 2.19 bits per heavy atom. The number of ether oxygens (including phenoxy) is 3. The number of thiazole rings is 1. The van der Waals surface area contributed by atoms with Gasteiger partial charge in [-0.2, -0.15) is 0 Å². The number of nitrogens with one attached hydrogen (secondary N) is 1. The van der Waals surface area contributed by atoms with Crippen molar-refractivity contribution in [2.75, 3.05) is 19.8 Å². The number of carbonyl (C=O) groups excluding carboxylic acids is 1. The number of hydrogen-bond donors (Lipinski definition) is 1. The molecule has 1 fully saturated rings. The van der Waals surface area contributed by atoms with E-state index in [9.17, 15) is 4.79 Å². The zero-order valence-electron chi connectivity index (χ0n) is 15.8. The van der Waals surface area contributed by atoms with Crippen molar-refractivity contribution in [3.63, 3.8) is 0 Å². The average Bonchev–Trinajstić information content (AvgIpc) is 2.98. The number of hydrogen-bond acceptors (Lipinski definition) is 6. The van der Waals surface area contributed by atoms with Crippen molar-refractivity contribution in [2.24, 2.45) is 5.92 Å². The highest BCUT2D eigenvalue weighted by molar-refractivity contribution is 7.20. The predicted octanol–water partition coefficient (Wildman–Crippen LogP) is 4.05. The topological polar surface area (TPSA) is 69.7 Å². The summed E-state index contributed by atoms with van der Waals surface area (Å²) in [7, 11) is 0. The van der Waals surface area contributed by atoms with Crippen LogP contribution in [0.5, 0.6) is 10.9 Å².